The van der Waals surface area contributed by atoms with E-state index in [4.69, 9.17) is 14.9 Å². The number of benzene rings is 1. The lowest BCUT2D eigenvalue weighted by molar-refractivity contribution is -0.141. The Morgan fingerprint density at radius 3 is 2.67 bits per heavy atom. The summed E-state index contributed by atoms with van der Waals surface area (Å²) in [6.45, 7) is 2.31. The number of carbonyl (C=O) groups excluding carboxylic acids is 1. The van der Waals surface area contributed by atoms with Crippen LogP contribution in [-0.2, 0) is 22.5 Å². The first-order chi connectivity index (χ1) is 11.7. The van der Waals surface area contributed by atoms with Crippen molar-refractivity contribution in [2.24, 2.45) is 5.73 Å². The summed E-state index contributed by atoms with van der Waals surface area (Å²) >= 11 is 0. The quantitative estimate of drug-likeness (QED) is 0.920. The molecule has 1 aromatic carbocycles. The molecule has 126 valence electrons. The summed E-state index contributed by atoms with van der Waals surface area (Å²) < 4.78 is 11.4. The van der Waals surface area contributed by atoms with Gasteiger partial charge in [0.05, 0.1) is 12.1 Å². The number of rotatable bonds is 2. The van der Waals surface area contributed by atoms with Crippen molar-refractivity contribution >= 4 is 5.91 Å². The number of hydrogen-bond acceptors (Lipinski definition) is 4. The van der Waals surface area contributed by atoms with E-state index in [1.165, 1.54) is 5.56 Å². The second-order valence-electron chi connectivity index (χ2n) is 6.67. The molecule has 2 aliphatic rings. The predicted molar refractivity (Wildman–Crippen MR) is 90.2 cm³/mol. The van der Waals surface area contributed by atoms with Crippen LogP contribution in [-0.4, -0.2) is 36.1 Å². The number of ether oxygens (including phenoxy) is 1. The van der Waals surface area contributed by atoms with Crippen LogP contribution in [0.3, 0.4) is 0 Å². The van der Waals surface area contributed by atoms with Gasteiger partial charge in [0, 0.05) is 25.3 Å². The van der Waals surface area contributed by atoms with Gasteiger partial charge in [0.2, 0.25) is 5.91 Å². The lowest BCUT2D eigenvalue weighted by Gasteiger charge is -2.37. The van der Waals surface area contributed by atoms with Crippen molar-refractivity contribution in [1.29, 1.82) is 0 Å². The number of carbonyl (C=O) groups is 1. The van der Waals surface area contributed by atoms with Crippen molar-refractivity contribution in [2.45, 2.75) is 31.3 Å². The Kier molecular flexibility index (Phi) is 3.90. The monoisotopic (exact) mass is 326 g/mol. The lowest BCUT2D eigenvalue weighted by Crippen LogP contribution is -2.58. The number of furan rings is 1. The molecule has 0 bridgehead atoms. The molecule has 24 heavy (non-hydrogen) atoms. The van der Waals surface area contributed by atoms with Gasteiger partial charge in [-0.2, -0.15) is 0 Å². The summed E-state index contributed by atoms with van der Waals surface area (Å²) in [6.07, 6.45) is 1.98. The minimum Gasteiger partial charge on any atom is -0.459 e. The fourth-order valence-electron chi connectivity index (χ4n) is 3.50. The highest BCUT2D eigenvalue weighted by Gasteiger charge is 2.40. The largest absolute Gasteiger partial charge is 0.459 e. The highest BCUT2D eigenvalue weighted by molar-refractivity contribution is 5.86. The Balaban J connectivity index is 1.53. The van der Waals surface area contributed by atoms with Crippen LogP contribution in [0, 0.1) is 0 Å². The molecule has 1 saturated heterocycles. The first-order valence-electron chi connectivity index (χ1n) is 8.49. The van der Waals surface area contributed by atoms with Gasteiger partial charge in [-0.1, -0.05) is 30.3 Å². The Morgan fingerprint density at radius 1 is 1.17 bits per heavy atom. The van der Waals surface area contributed by atoms with E-state index in [1.54, 1.807) is 0 Å². The number of hydrogen-bond donors (Lipinski definition) is 1. The van der Waals surface area contributed by atoms with E-state index >= 15 is 0 Å². The highest BCUT2D eigenvalue weighted by atomic mass is 16.5. The molecular weight excluding hydrogens is 304 g/mol. The second kappa shape index (κ2) is 6.07. The molecule has 1 fully saturated rings. The van der Waals surface area contributed by atoms with Crippen LogP contribution in [0.5, 0.6) is 0 Å². The first-order valence-corrected chi connectivity index (χ1v) is 8.49. The second-order valence-corrected chi connectivity index (χ2v) is 6.67. The molecule has 5 heteroatoms. The van der Waals surface area contributed by atoms with Crippen LogP contribution in [0.1, 0.15) is 24.2 Å². The molecule has 2 aromatic rings. The molecule has 0 aliphatic carbocycles. The van der Waals surface area contributed by atoms with Gasteiger partial charge < -0.3 is 19.8 Å². The molecule has 2 aliphatic heterocycles. The maximum atomic E-state index is 12.9. The predicted octanol–water partition coefficient (Wildman–Crippen LogP) is 2.34. The molecule has 5 nitrogen and oxygen atoms in total. The smallest absolute Gasteiger partial charge is 0.243 e. The number of nitrogens with two attached hydrogens (primary N) is 1. The van der Waals surface area contributed by atoms with Crippen LogP contribution in [0.4, 0.5) is 0 Å². The topological polar surface area (TPSA) is 68.7 Å². The molecule has 0 radical (unpaired) electrons. The third kappa shape index (κ3) is 2.74. The van der Waals surface area contributed by atoms with Crippen molar-refractivity contribution in [3.05, 3.63) is 47.7 Å². The van der Waals surface area contributed by atoms with Gasteiger partial charge in [-0.15, -0.1) is 0 Å². The SMILES string of the molecule is NC1(C(=O)N2CCc3cc(-c4ccccc4)oc3C2)CCOCC1. The van der Waals surface area contributed by atoms with Gasteiger partial charge in [-0.3, -0.25) is 4.79 Å². The average Bonchev–Trinajstić information content (AvgIpc) is 3.05. The van der Waals surface area contributed by atoms with Gasteiger partial charge in [0.25, 0.3) is 0 Å². The van der Waals surface area contributed by atoms with Crippen LogP contribution >= 0.6 is 0 Å². The van der Waals surface area contributed by atoms with Crippen LogP contribution in [0.15, 0.2) is 40.8 Å². The van der Waals surface area contributed by atoms with Gasteiger partial charge >= 0.3 is 0 Å². The first kappa shape index (κ1) is 15.4. The third-order valence-electron chi connectivity index (χ3n) is 5.04. The minimum atomic E-state index is -0.787. The van der Waals surface area contributed by atoms with Gasteiger partial charge in [-0.25, -0.2) is 0 Å². The molecule has 3 heterocycles. The van der Waals surface area contributed by atoms with Gasteiger partial charge in [0.15, 0.2) is 0 Å². The minimum absolute atomic E-state index is 0.0223. The lowest BCUT2D eigenvalue weighted by atomic mass is 9.89. The standard InChI is InChI=1S/C19H22N2O3/c20-19(7-10-23-11-8-19)18(22)21-9-6-15-12-16(24-17(15)13-21)14-4-2-1-3-5-14/h1-5,12H,6-11,13,20H2. The van der Waals surface area contributed by atoms with Gasteiger partial charge in [0.1, 0.15) is 11.5 Å². The van der Waals surface area contributed by atoms with E-state index in [-0.39, 0.29) is 5.91 Å². The van der Waals surface area contributed by atoms with Crippen LogP contribution in [0.2, 0.25) is 0 Å². The van der Waals surface area contributed by atoms with E-state index < -0.39 is 5.54 Å². The zero-order valence-electron chi connectivity index (χ0n) is 13.7. The summed E-state index contributed by atoms with van der Waals surface area (Å²) in [5.74, 6) is 1.77. The van der Waals surface area contributed by atoms with E-state index in [2.05, 4.69) is 6.07 Å². The zero-order valence-corrected chi connectivity index (χ0v) is 13.7. The molecular formula is C19H22N2O3. The Morgan fingerprint density at radius 2 is 1.92 bits per heavy atom. The maximum Gasteiger partial charge on any atom is 0.243 e. The fraction of sp³-hybridized carbons (Fsp3) is 0.421. The summed E-state index contributed by atoms with van der Waals surface area (Å²) in [7, 11) is 0. The van der Waals surface area contributed by atoms with Crippen LogP contribution < -0.4 is 5.73 Å². The summed E-state index contributed by atoms with van der Waals surface area (Å²) in [6, 6.07) is 12.1. The molecule has 2 N–H and O–H groups in total. The fourth-order valence-corrected chi connectivity index (χ4v) is 3.50. The highest BCUT2D eigenvalue weighted by Crippen LogP contribution is 2.31. The molecule has 0 saturated carbocycles. The van der Waals surface area contributed by atoms with Crippen molar-refractivity contribution in [1.82, 2.24) is 4.90 Å². The van der Waals surface area contributed by atoms with Crippen molar-refractivity contribution in [2.75, 3.05) is 19.8 Å². The van der Waals surface area contributed by atoms with E-state index in [9.17, 15) is 4.79 Å². The number of amides is 1. The van der Waals surface area contributed by atoms with Crippen molar-refractivity contribution < 1.29 is 13.9 Å². The number of nitrogens with zero attached hydrogens (tertiary/aromatic N) is 1. The average molecular weight is 326 g/mol. The Labute approximate surface area is 141 Å². The van der Waals surface area contributed by atoms with Crippen molar-refractivity contribution in [3.8, 4) is 11.3 Å². The normalized spacial score (nSPS) is 19.8. The Bertz CT molecular complexity index is 732. The van der Waals surface area contributed by atoms with E-state index in [0.29, 0.717) is 39.1 Å². The maximum absolute atomic E-state index is 12.9. The zero-order chi connectivity index (χ0) is 16.6. The van der Waals surface area contributed by atoms with E-state index in [1.807, 2.05) is 35.2 Å². The molecule has 1 amide bonds. The van der Waals surface area contributed by atoms with Crippen LogP contribution in [0.25, 0.3) is 11.3 Å². The Hall–Kier alpha value is -2.11. The third-order valence-corrected chi connectivity index (χ3v) is 5.04. The van der Waals surface area contributed by atoms with E-state index in [0.717, 1.165) is 23.5 Å². The molecule has 1 aromatic heterocycles. The molecule has 0 spiro atoms. The summed E-state index contributed by atoms with van der Waals surface area (Å²) in [5.41, 5.74) is 7.81. The summed E-state index contributed by atoms with van der Waals surface area (Å²) in [4.78, 5) is 14.7. The summed E-state index contributed by atoms with van der Waals surface area (Å²) in [5, 5.41) is 0. The molecule has 0 atom stereocenters. The number of fused-ring (bicyclic) bond motifs is 1. The van der Waals surface area contributed by atoms with Gasteiger partial charge in [-0.05, 0) is 30.9 Å². The molecule has 0 unspecified atom stereocenters. The van der Waals surface area contributed by atoms with Crippen molar-refractivity contribution in [3.63, 3.8) is 0 Å². The molecule has 4 rings (SSSR count).